The van der Waals surface area contributed by atoms with E-state index in [0.29, 0.717) is 22.0 Å². The van der Waals surface area contributed by atoms with Crippen molar-refractivity contribution in [3.05, 3.63) is 58.6 Å². The summed E-state index contributed by atoms with van der Waals surface area (Å²) in [7, 11) is 0. The molecule has 23 heavy (non-hydrogen) atoms. The number of hydrogen-bond donors (Lipinski definition) is 3. The van der Waals surface area contributed by atoms with Gasteiger partial charge in [0.05, 0.1) is 17.5 Å². The number of amides is 1. The van der Waals surface area contributed by atoms with E-state index < -0.39 is 6.10 Å². The first-order chi connectivity index (χ1) is 11.0. The Labute approximate surface area is 145 Å². The van der Waals surface area contributed by atoms with Crippen molar-refractivity contribution in [1.82, 2.24) is 0 Å². The molecule has 0 aliphatic heterocycles. The Bertz CT molecular complexity index is 692. The molecule has 122 valence electrons. The Morgan fingerprint density at radius 1 is 1.26 bits per heavy atom. The number of nitrogens with one attached hydrogen (secondary N) is 2. The standard InChI is InChI=1S/C17H18Cl2N2O2/c1-11-6-7-12(8-15(11)19)21-17(23)14-4-2-3-5-16(14)20-10-13(22)9-18/h2-8,13,20,22H,9-10H2,1H3,(H,21,23). The Balaban J connectivity index is 2.13. The van der Waals surface area contributed by atoms with Gasteiger partial charge in [-0.2, -0.15) is 0 Å². The molecule has 0 bridgehead atoms. The van der Waals surface area contributed by atoms with Gasteiger partial charge in [-0.1, -0.05) is 29.8 Å². The number of para-hydroxylation sites is 1. The second kappa shape index (κ2) is 8.20. The first kappa shape index (κ1) is 17.6. The van der Waals surface area contributed by atoms with Gasteiger partial charge in [0, 0.05) is 22.9 Å². The summed E-state index contributed by atoms with van der Waals surface area (Å²) in [5.74, 6) is -0.128. The fourth-order valence-electron chi connectivity index (χ4n) is 1.99. The lowest BCUT2D eigenvalue weighted by molar-refractivity contribution is 0.102. The highest BCUT2D eigenvalue weighted by atomic mass is 35.5. The molecule has 2 rings (SSSR count). The molecule has 2 aromatic rings. The first-order valence-electron chi connectivity index (χ1n) is 7.15. The monoisotopic (exact) mass is 352 g/mol. The van der Waals surface area contributed by atoms with E-state index in [1.807, 2.05) is 19.1 Å². The van der Waals surface area contributed by atoms with Crippen LogP contribution in [0.4, 0.5) is 11.4 Å². The highest BCUT2D eigenvalue weighted by molar-refractivity contribution is 6.31. The van der Waals surface area contributed by atoms with Crippen LogP contribution in [-0.4, -0.2) is 29.5 Å². The molecule has 1 amide bonds. The number of benzene rings is 2. The van der Waals surface area contributed by atoms with Crippen molar-refractivity contribution in [3.63, 3.8) is 0 Å². The van der Waals surface area contributed by atoms with E-state index in [0.717, 1.165) is 5.56 Å². The second-order valence-electron chi connectivity index (χ2n) is 5.15. The topological polar surface area (TPSA) is 61.4 Å². The maximum atomic E-state index is 12.5. The van der Waals surface area contributed by atoms with Crippen LogP contribution >= 0.6 is 23.2 Å². The van der Waals surface area contributed by atoms with E-state index in [2.05, 4.69) is 10.6 Å². The zero-order valence-electron chi connectivity index (χ0n) is 12.6. The minimum absolute atomic E-state index is 0.128. The summed E-state index contributed by atoms with van der Waals surface area (Å²) < 4.78 is 0. The summed E-state index contributed by atoms with van der Waals surface area (Å²) in [6.07, 6.45) is -0.677. The molecule has 0 heterocycles. The van der Waals surface area contributed by atoms with Crippen molar-refractivity contribution >= 4 is 40.5 Å². The number of aliphatic hydroxyl groups excluding tert-OH is 1. The quantitative estimate of drug-likeness (QED) is 0.690. The third-order valence-electron chi connectivity index (χ3n) is 3.31. The Morgan fingerprint density at radius 2 is 2.00 bits per heavy atom. The highest BCUT2D eigenvalue weighted by Crippen LogP contribution is 2.22. The predicted molar refractivity (Wildman–Crippen MR) is 95.8 cm³/mol. The van der Waals surface area contributed by atoms with Crippen molar-refractivity contribution in [2.45, 2.75) is 13.0 Å². The van der Waals surface area contributed by atoms with Crippen LogP contribution in [0.15, 0.2) is 42.5 Å². The van der Waals surface area contributed by atoms with Crippen molar-refractivity contribution < 1.29 is 9.90 Å². The van der Waals surface area contributed by atoms with Crippen LogP contribution in [-0.2, 0) is 0 Å². The van der Waals surface area contributed by atoms with E-state index in [9.17, 15) is 9.90 Å². The van der Waals surface area contributed by atoms with E-state index in [1.54, 1.807) is 30.3 Å². The fraction of sp³-hybridized carbons (Fsp3) is 0.235. The molecule has 2 aromatic carbocycles. The molecule has 0 spiro atoms. The number of alkyl halides is 1. The van der Waals surface area contributed by atoms with Crippen molar-refractivity contribution in [1.29, 1.82) is 0 Å². The molecule has 0 aromatic heterocycles. The lowest BCUT2D eigenvalue weighted by Gasteiger charge is -2.14. The number of anilines is 2. The van der Waals surface area contributed by atoms with Gasteiger partial charge in [-0.25, -0.2) is 0 Å². The van der Waals surface area contributed by atoms with E-state index in [1.165, 1.54) is 0 Å². The number of aliphatic hydroxyl groups is 1. The summed E-state index contributed by atoms with van der Waals surface area (Å²) in [5.41, 5.74) is 2.68. The second-order valence-corrected chi connectivity index (χ2v) is 5.87. The van der Waals surface area contributed by atoms with Gasteiger partial charge in [0.2, 0.25) is 0 Å². The SMILES string of the molecule is Cc1ccc(NC(=O)c2ccccc2NCC(O)CCl)cc1Cl. The van der Waals surface area contributed by atoms with Crippen LogP contribution in [0.1, 0.15) is 15.9 Å². The molecule has 0 radical (unpaired) electrons. The number of aryl methyl sites for hydroxylation is 1. The molecular formula is C17H18Cl2N2O2. The van der Waals surface area contributed by atoms with E-state index in [4.69, 9.17) is 23.2 Å². The van der Waals surface area contributed by atoms with E-state index in [-0.39, 0.29) is 18.3 Å². The largest absolute Gasteiger partial charge is 0.390 e. The van der Waals surface area contributed by atoms with Crippen molar-refractivity contribution in [3.8, 4) is 0 Å². The summed E-state index contributed by atoms with van der Waals surface area (Å²) in [5, 5.41) is 16.0. The number of halogens is 2. The lowest BCUT2D eigenvalue weighted by Crippen LogP contribution is -2.22. The summed E-state index contributed by atoms with van der Waals surface area (Å²) >= 11 is 11.6. The number of carbonyl (C=O) groups is 1. The Hall–Kier alpha value is -1.75. The third kappa shape index (κ3) is 4.86. The zero-order chi connectivity index (χ0) is 16.8. The summed E-state index contributed by atoms with van der Waals surface area (Å²) in [4.78, 5) is 12.5. The van der Waals surface area contributed by atoms with Crippen molar-refractivity contribution in [2.24, 2.45) is 0 Å². The molecule has 4 nitrogen and oxygen atoms in total. The van der Waals surface area contributed by atoms with Crippen LogP contribution in [0, 0.1) is 6.92 Å². The first-order valence-corrected chi connectivity index (χ1v) is 8.07. The van der Waals surface area contributed by atoms with Crippen LogP contribution in [0.5, 0.6) is 0 Å². The third-order valence-corrected chi connectivity index (χ3v) is 4.07. The van der Waals surface area contributed by atoms with Gasteiger partial charge < -0.3 is 15.7 Å². The Morgan fingerprint density at radius 3 is 2.70 bits per heavy atom. The van der Waals surface area contributed by atoms with Gasteiger partial charge in [-0.05, 0) is 36.8 Å². The Kier molecular flexibility index (Phi) is 6.28. The van der Waals surface area contributed by atoms with Gasteiger partial charge >= 0.3 is 0 Å². The zero-order valence-corrected chi connectivity index (χ0v) is 14.2. The number of hydrogen-bond acceptors (Lipinski definition) is 3. The van der Waals surface area contributed by atoms with Gasteiger partial charge in [-0.15, -0.1) is 11.6 Å². The molecule has 0 saturated heterocycles. The van der Waals surface area contributed by atoms with Crippen LogP contribution < -0.4 is 10.6 Å². The number of carbonyl (C=O) groups excluding carboxylic acids is 1. The smallest absolute Gasteiger partial charge is 0.257 e. The maximum absolute atomic E-state index is 12.5. The minimum atomic E-state index is -0.677. The normalized spacial score (nSPS) is 11.8. The van der Waals surface area contributed by atoms with Gasteiger partial charge in [0.15, 0.2) is 0 Å². The van der Waals surface area contributed by atoms with Crippen LogP contribution in [0.25, 0.3) is 0 Å². The molecule has 3 N–H and O–H groups in total. The fourth-order valence-corrected chi connectivity index (χ4v) is 2.28. The maximum Gasteiger partial charge on any atom is 0.257 e. The van der Waals surface area contributed by atoms with Crippen LogP contribution in [0.2, 0.25) is 5.02 Å². The average Bonchev–Trinajstić information content (AvgIpc) is 2.56. The highest BCUT2D eigenvalue weighted by Gasteiger charge is 2.12. The molecule has 1 unspecified atom stereocenters. The van der Waals surface area contributed by atoms with Crippen LogP contribution in [0.3, 0.4) is 0 Å². The van der Waals surface area contributed by atoms with Crippen molar-refractivity contribution in [2.75, 3.05) is 23.1 Å². The average molecular weight is 353 g/mol. The molecular weight excluding hydrogens is 335 g/mol. The molecule has 6 heteroatoms. The summed E-state index contributed by atoms with van der Waals surface area (Å²) in [6.45, 7) is 2.17. The molecule has 0 saturated carbocycles. The lowest BCUT2D eigenvalue weighted by atomic mass is 10.1. The molecule has 1 atom stereocenters. The molecule has 0 aliphatic rings. The van der Waals surface area contributed by atoms with Gasteiger partial charge in [0.25, 0.3) is 5.91 Å². The van der Waals surface area contributed by atoms with E-state index >= 15 is 0 Å². The molecule has 0 fully saturated rings. The summed E-state index contributed by atoms with van der Waals surface area (Å²) in [6, 6.07) is 12.4. The minimum Gasteiger partial charge on any atom is -0.390 e. The van der Waals surface area contributed by atoms with Gasteiger partial charge in [0.1, 0.15) is 0 Å². The predicted octanol–water partition coefficient (Wildman–Crippen LogP) is 3.91. The number of rotatable bonds is 6. The van der Waals surface area contributed by atoms with Gasteiger partial charge in [-0.3, -0.25) is 4.79 Å². The molecule has 0 aliphatic carbocycles.